The summed E-state index contributed by atoms with van der Waals surface area (Å²) < 4.78 is 7.61. The standard InChI is InChI=1S/C15H20N4O/c1-11(2)16-7-15-17-10-19(18-15)8-12-9-20-14-6-4-3-5-13(12)14/h3-6,10-12,16H,7-9H2,1-2H3. The first kappa shape index (κ1) is 13.1. The maximum absolute atomic E-state index is 5.70. The lowest BCUT2D eigenvalue weighted by Crippen LogP contribution is -2.22. The maximum atomic E-state index is 5.70. The van der Waals surface area contributed by atoms with E-state index in [1.54, 1.807) is 6.33 Å². The monoisotopic (exact) mass is 272 g/mol. The van der Waals surface area contributed by atoms with E-state index in [1.807, 2.05) is 16.8 Å². The normalized spacial score (nSPS) is 17.2. The van der Waals surface area contributed by atoms with Crippen LogP contribution in [-0.2, 0) is 13.1 Å². The van der Waals surface area contributed by atoms with E-state index >= 15 is 0 Å². The Labute approximate surface area is 119 Å². The molecule has 20 heavy (non-hydrogen) atoms. The number of nitrogens with zero attached hydrogens (tertiary/aromatic N) is 3. The van der Waals surface area contributed by atoms with Crippen LogP contribution >= 0.6 is 0 Å². The largest absolute Gasteiger partial charge is 0.493 e. The first-order chi connectivity index (χ1) is 9.72. The van der Waals surface area contributed by atoms with E-state index in [0.717, 1.165) is 24.7 Å². The van der Waals surface area contributed by atoms with Crippen molar-refractivity contribution in [1.82, 2.24) is 20.1 Å². The summed E-state index contributed by atoms with van der Waals surface area (Å²) in [4.78, 5) is 4.33. The van der Waals surface area contributed by atoms with E-state index in [9.17, 15) is 0 Å². The average molecular weight is 272 g/mol. The zero-order valence-corrected chi connectivity index (χ0v) is 11.9. The van der Waals surface area contributed by atoms with Gasteiger partial charge in [-0.25, -0.2) is 4.98 Å². The van der Waals surface area contributed by atoms with Crippen LogP contribution in [0.3, 0.4) is 0 Å². The average Bonchev–Trinajstić information content (AvgIpc) is 3.05. The molecule has 0 saturated heterocycles. The number of aromatic nitrogens is 3. The van der Waals surface area contributed by atoms with E-state index in [0.29, 0.717) is 18.5 Å². The Morgan fingerprint density at radius 2 is 2.25 bits per heavy atom. The van der Waals surface area contributed by atoms with Gasteiger partial charge in [0.2, 0.25) is 0 Å². The van der Waals surface area contributed by atoms with Crippen LogP contribution in [0.15, 0.2) is 30.6 Å². The Morgan fingerprint density at radius 1 is 1.40 bits per heavy atom. The van der Waals surface area contributed by atoms with Crippen LogP contribution in [0.25, 0.3) is 0 Å². The topological polar surface area (TPSA) is 52.0 Å². The first-order valence-corrected chi connectivity index (χ1v) is 7.06. The van der Waals surface area contributed by atoms with Gasteiger partial charge < -0.3 is 10.1 Å². The van der Waals surface area contributed by atoms with Gasteiger partial charge in [0.05, 0.1) is 19.7 Å². The molecule has 0 fully saturated rings. The molecule has 5 heteroatoms. The highest BCUT2D eigenvalue weighted by molar-refractivity contribution is 5.39. The van der Waals surface area contributed by atoms with Gasteiger partial charge in [0.1, 0.15) is 12.1 Å². The molecule has 1 aliphatic heterocycles. The summed E-state index contributed by atoms with van der Waals surface area (Å²) in [7, 11) is 0. The summed E-state index contributed by atoms with van der Waals surface area (Å²) >= 11 is 0. The van der Waals surface area contributed by atoms with Crippen LogP contribution in [0.1, 0.15) is 31.2 Å². The van der Waals surface area contributed by atoms with Crippen molar-refractivity contribution in [2.24, 2.45) is 0 Å². The highest BCUT2D eigenvalue weighted by Crippen LogP contribution is 2.34. The number of fused-ring (bicyclic) bond motifs is 1. The van der Waals surface area contributed by atoms with Gasteiger partial charge in [-0.05, 0) is 6.07 Å². The molecule has 1 atom stereocenters. The minimum Gasteiger partial charge on any atom is -0.493 e. The Morgan fingerprint density at radius 3 is 3.10 bits per heavy atom. The summed E-state index contributed by atoms with van der Waals surface area (Å²) in [6.45, 7) is 6.47. The second-order valence-corrected chi connectivity index (χ2v) is 5.46. The van der Waals surface area contributed by atoms with Crippen molar-refractivity contribution in [3.05, 3.63) is 42.0 Å². The third-order valence-electron chi connectivity index (χ3n) is 3.46. The molecule has 0 amide bonds. The van der Waals surface area contributed by atoms with Crippen molar-refractivity contribution in [3.63, 3.8) is 0 Å². The molecule has 1 aromatic heterocycles. The molecule has 2 heterocycles. The van der Waals surface area contributed by atoms with E-state index in [4.69, 9.17) is 4.74 Å². The second-order valence-electron chi connectivity index (χ2n) is 5.46. The van der Waals surface area contributed by atoms with Crippen molar-refractivity contribution in [1.29, 1.82) is 0 Å². The highest BCUT2D eigenvalue weighted by atomic mass is 16.5. The van der Waals surface area contributed by atoms with Crippen molar-refractivity contribution < 1.29 is 4.74 Å². The summed E-state index contributed by atoms with van der Waals surface area (Å²) in [5, 5.41) is 7.83. The quantitative estimate of drug-likeness (QED) is 0.904. The van der Waals surface area contributed by atoms with Crippen molar-refractivity contribution in [2.45, 2.75) is 38.9 Å². The number of benzene rings is 1. The molecule has 0 spiro atoms. The van der Waals surface area contributed by atoms with E-state index in [2.05, 4.69) is 41.4 Å². The second kappa shape index (κ2) is 5.63. The summed E-state index contributed by atoms with van der Waals surface area (Å²) in [5.41, 5.74) is 1.27. The van der Waals surface area contributed by atoms with Crippen LogP contribution in [0.5, 0.6) is 5.75 Å². The van der Waals surface area contributed by atoms with E-state index in [1.165, 1.54) is 5.56 Å². The molecule has 3 rings (SSSR count). The number of ether oxygens (including phenoxy) is 1. The SMILES string of the molecule is CC(C)NCc1ncn(CC2COc3ccccc32)n1. The molecule has 1 unspecified atom stereocenters. The number of hydrogen-bond donors (Lipinski definition) is 1. The van der Waals surface area contributed by atoms with Crippen molar-refractivity contribution in [2.75, 3.05) is 6.61 Å². The summed E-state index contributed by atoms with van der Waals surface area (Å²) in [6, 6.07) is 8.66. The van der Waals surface area contributed by atoms with Crippen LogP contribution in [0.2, 0.25) is 0 Å². The fourth-order valence-corrected chi connectivity index (χ4v) is 2.40. The fraction of sp³-hybridized carbons (Fsp3) is 0.467. The molecular weight excluding hydrogens is 252 g/mol. The first-order valence-electron chi connectivity index (χ1n) is 7.06. The van der Waals surface area contributed by atoms with Gasteiger partial charge >= 0.3 is 0 Å². The zero-order valence-electron chi connectivity index (χ0n) is 11.9. The van der Waals surface area contributed by atoms with Crippen LogP contribution < -0.4 is 10.1 Å². The minimum absolute atomic E-state index is 0.360. The van der Waals surface area contributed by atoms with E-state index in [-0.39, 0.29) is 0 Å². The van der Waals surface area contributed by atoms with Gasteiger partial charge in [-0.15, -0.1) is 0 Å². The maximum Gasteiger partial charge on any atom is 0.164 e. The molecule has 0 radical (unpaired) electrons. The molecule has 1 N–H and O–H groups in total. The van der Waals surface area contributed by atoms with Gasteiger partial charge in [-0.3, -0.25) is 4.68 Å². The zero-order chi connectivity index (χ0) is 13.9. The van der Waals surface area contributed by atoms with Gasteiger partial charge in [-0.2, -0.15) is 5.10 Å². The lowest BCUT2D eigenvalue weighted by molar-refractivity contribution is 0.314. The predicted octanol–water partition coefficient (Wildman–Crippen LogP) is 1.95. The molecule has 0 aliphatic carbocycles. The van der Waals surface area contributed by atoms with Crippen LogP contribution in [-0.4, -0.2) is 27.4 Å². The molecule has 2 aromatic rings. The Kier molecular flexibility index (Phi) is 3.69. The minimum atomic E-state index is 0.360. The van der Waals surface area contributed by atoms with Gasteiger partial charge in [0, 0.05) is 17.5 Å². The molecule has 106 valence electrons. The molecule has 1 aromatic carbocycles. The molecule has 0 saturated carbocycles. The number of para-hydroxylation sites is 1. The van der Waals surface area contributed by atoms with Crippen molar-refractivity contribution in [3.8, 4) is 5.75 Å². The fourth-order valence-electron chi connectivity index (χ4n) is 2.40. The van der Waals surface area contributed by atoms with Crippen molar-refractivity contribution >= 4 is 0 Å². The Balaban J connectivity index is 1.64. The Bertz CT molecular complexity index is 579. The van der Waals surface area contributed by atoms with E-state index < -0.39 is 0 Å². The van der Waals surface area contributed by atoms with Gasteiger partial charge in [0.25, 0.3) is 0 Å². The lowest BCUT2D eigenvalue weighted by Gasteiger charge is -2.08. The number of rotatable bonds is 5. The molecule has 5 nitrogen and oxygen atoms in total. The van der Waals surface area contributed by atoms with Crippen LogP contribution in [0, 0.1) is 0 Å². The number of hydrogen-bond acceptors (Lipinski definition) is 4. The smallest absolute Gasteiger partial charge is 0.164 e. The molecule has 1 aliphatic rings. The third-order valence-corrected chi connectivity index (χ3v) is 3.46. The summed E-state index contributed by atoms with van der Waals surface area (Å²) in [5.74, 6) is 2.20. The summed E-state index contributed by atoms with van der Waals surface area (Å²) in [6.07, 6.45) is 1.80. The third kappa shape index (κ3) is 2.82. The predicted molar refractivity (Wildman–Crippen MR) is 76.7 cm³/mol. The van der Waals surface area contributed by atoms with Gasteiger partial charge in [-0.1, -0.05) is 32.0 Å². The lowest BCUT2D eigenvalue weighted by atomic mass is 10.0. The van der Waals surface area contributed by atoms with Gasteiger partial charge in [0.15, 0.2) is 5.82 Å². The van der Waals surface area contributed by atoms with Crippen LogP contribution in [0.4, 0.5) is 0 Å². The highest BCUT2D eigenvalue weighted by Gasteiger charge is 2.24. The Hall–Kier alpha value is -1.88. The molecular formula is C15H20N4O. The number of nitrogens with one attached hydrogen (secondary N) is 1. The molecule has 0 bridgehead atoms.